The second kappa shape index (κ2) is 11.8. The molecule has 0 aliphatic carbocycles. The predicted molar refractivity (Wildman–Crippen MR) is 174 cm³/mol. The first-order valence-electron chi connectivity index (χ1n) is 14.7. The van der Waals surface area contributed by atoms with Gasteiger partial charge in [0.2, 0.25) is 5.95 Å². The van der Waals surface area contributed by atoms with E-state index in [1.165, 1.54) is 0 Å². The summed E-state index contributed by atoms with van der Waals surface area (Å²) in [6.45, 7) is 2.65. The maximum absolute atomic E-state index is 14.1. The molecule has 1 amide bonds. The third-order valence-electron chi connectivity index (χ3n) is 8.15. The Bertz CT molecular complexity index is 2010. The molecule has 6 aromatic rings. The number of methoxy groups -OCH3 is 2. The average Bonchev–Trinajstić information content (AvgIpc) is 3.50. The number of nitrogens with zero attached hydrogens (tertiary/aromatic N) is 7. The summed E-state index contributed by atoms with van der Waals surface area (Å²) in [5.74, 6) is 1.93. The van der Waals surface area contributed by atoms with Gasteiger partial charge in [-0.15, -0.1) is 0 Å². The lowest BCUT2D eigenvalue weighted by Gasteiger charge is -2.35. The predicted octanol–water partition coefficient (Wildman–Crippen LogP) is 4.65. The molecule has 4 heterocycles. The number of hydrogen-bond acceptors (Lipinski definition) is 9. The van der Waals surface area contributed by atoms with E-state index in [9.17, 15) is 4.79 Å². The van der Waals surface area contributed by atoms with Gasteiger partial charge in [0.25, 0.3) is 5.91 Å². The highest BCUT2D eigenvalue weighted by Gasteiger charge is 2.27. The van der Waals surface area contributed by atoms with Crippen LogP contribution in [0.25, 0.3) is 33.2 Å². The van der Waals surface area contributed by atoms with Crippen molar-refractivity contribution in [2.45, 2.75) is 6.54 Å². The summed E-state index contributed by atoms with van der Waals surface area (Å²) in [6.07, 6.45) is 1.75. The van der Waals surface area contributed by atoms with Gasteiger partial charge in [0, 0.05) is 43.2 Å². The number of carbonyl (C=O) groups is 1. The zero-order chi connectivity index (χ0) is 30.9. The van der Waals surface area contributed by atoms with E-state index in [0.717, 1.165) is 22.2 Å². The van der Waals surface area contributed by atoms with Crippen molar-refractivity contribution in [2.75, 3.05) is 51.0 Å². The number of nitrogen functional groups attached to an aromatic ring is 1. The van der Waals surface area contributed by atoms with Crippen molar-refractivity contribution in [1.82, 2.24) is 29.6 Å². The number of fused-ring (bicyclic) bond motifs is 2. The van der Waals surface area contributed by atoms with Gasteiger partial charge in [0.05, 0.1) is 49.1 Å². The van der Waals surface area contributed by atoms with E-state index < -0.39 is 0 Å². The van der Waals surface area contributed by atoms with Gasteiger partial charge < -0.3 is 25.0 Å². The van der Waals surface area contributed by atoms with Crippen LogP contribution in [0.3, 0.4) is 0 Å². The fraction of sp³-hybridized carbons (Fsp3) is 0.206. The molecule has 3 aromatic heterocycles. The van der Waals surface area contributed by atoms with Crippen LogP contribution in [0.1, 0.15) is 15.9 Å². The number of rotatable bonds is 7. The first kappa shape index (κ1) is 28.1. The molecule has 11 nitrogen and oxygen atoms in total. The number of nitrogens with two attached hydrogens (primary N) is 1. The summed E-state index contributed by atoms with van der Waals surface area (Å²) < 4.78 is 12.7. The molecule has 1 saturated heterocycles. The van der Waals surface area contributed by atoms with E-state index in [-0.39, 0.29) is 5.91 Å². The lowest BCUT2D eigenvalue weighted by molar-refractivity contribution is 0.0748. The van der Waals surface area contributed by atoms with E-state index >= 15 is 0 Å². The summed E-state index contributed by atoms with van der Waals surface area (Å²) in [5.41, 5.74) is 11.0. The van der Waals surface area contributed by atoms with Crippen molar-refractivity contribution in [3.63, 3.8) is 0 Å². The average molecular weight is 601 g/mol. The molecule has 1 fully saturated rings. The zero-order valence-electron chi connectivity index (χ0n) is 25.1. The molecule has 0 atom stereocenters. The molecular weight excluding hydrogens is 568 g/mol. The monoisotopic (exact) mass is 600 g/mol. The number of benzene rings is 3. The summed E-state index contributed by atoms with van der Waals surface area (Å²) >= 11 is 0. The lowest BCUT2D eigenvalue weighted by atomic mass is 10.1. The topological polar surface area (TPSA) is 125 Å². The molecule has 0 saturated carbocycles. The Morgan fingerprint density at radius 2 is 1.51 bits per heavy atom. The van der Waals surface area contributed by atoms with Crippen LogP contribution in [-0.2, 0) is 6.54 Å². The van der Waals surface area contributed by atoms with E-state index in [1.54, 1.807) is 32.5 Å². The van der Waals surface area contributed by atoms with Crippen LogP contribution in [0.5, 0.6) is 11.5 Å². The van der Waals surface area contributed by atoms with Crippen molar-refractivity contribution in [2.24, 2.45) is 0 Å². The van der Waals surface area contributed by atoms with Crippen LogP contribution in [-0.4, -0.2) is 75.9 Å². The Morgan fingerprint density at radius 1 is 0.822 bits per heavy atom. The highest BCUT2D eigenvalue weighted by Crippen LogP contribution is 2.34. The Balaban J connectivity index is 1.17. The molecule has 11 heteroatoms. The number of carbonyl (C=O) groups excluding carboxylic acids is 1. The first-order chi connectivity index (χ1) is 22.0. The van der Waals surface area contributed by atoms with Crippen LogP contribution < -0.4 is 20.1 Å². The molecular formula is C34H32N8O3. The molecule has 1 aliphatic rings. The van der Waals surface area contributed by atoms with Crippen LogP contribution in [0.4, 0.5) is 11.8 Å². The van der Waals surface area contributed by atoms with E-state index in [0.29, 0.717) is 78.1 Å². The molecule has 0 spiro atoms. The van der Waals surface area contributed by atoms with Gasteiger partial charge in [0.15, 0.2) is 17.1 Å². The summed E-state index contributed by atoms with van der Waals surface area (Å²) in [7, 11) is 3.16. The van der Waals surface area contributed by atoms with Crippen molar-refractivity contribution < 1.29 is 14.3 Å². The van der Waals surface area contributed by atoms with Gasteiger partial charge in [-0.25, -0.2) is 14.6 Å². The highest BCUT2D eigenvalue weighted by molar-refractivity contribution is 6.06. The summed E-state index contributed by atoms with van der Waals surface area (Å²) in [6, 6.07) is 25.5. The molecule has 45 heavy (non-hydrogen) atoms. The quantitative estimate of drug-likeness (QED) is 0.279. The molecule has 226 valence electrons. The van der Waals surface area contributed by atoms with Gasteiger partial charge in [-0.3, -0.25) is 4.79 Å². The lowest BCUT2D eigenvalue weighted by Crippen LogP contribution is -2.49. The Labute approximate surface area is 259 Å². The maximum Gasteiger partial charge on any atom is 0.254 e. The van der Waals surface area contributed by atoms with Crippen LogP contribution >= 0.6 is 0 Å². The van der Waals surface area contributed by atoms with Gasteiger partial charge in [0.1, 0.15) is 5.82 Å². The number of hydrogen-bond donors (Lipinski definition) is 1. The number of piperazine rings is 1. The molecule has 1 aliphatic heterocycles. The van der Waals surface area contributed by atoms with Gasteiger partial charge in [-0.2, -0.15) is 10.1 Å². The molecule has 7 rings (SSSR count). The van der Waals surface area contributed by atoms with Crippen molar-refractivity contribution >= 4 is 39.6 Å². The van der Waals surface area contributed by atoms with Gasteiger partial charge in [-0.1, -0.05) is 60.7 Å². The van der Waals surface area contributed by atoms with E-state index in [4.69, 9.17) is 25.2 Å². The number of amides is 1. The smallest absolute Gasteiger partial charge is 0.254 e. The van der Waals surface area contributed by atoms with Crippen LogP contribution in [0.2, 0.25) is 0 Å². The first-order valence-corrected chi connectivity index (χ1v) is 14.7. The largest absolute Gasteiger partial charge is 0.493 e. The second-order valence-corrected chi connectivity index (χ2v) is 10.9. The van der Waals surface area contributed by atoms with Crippen molar-refractivity contribution in [3.8, 4) is 22.8 Å². The number of ether oxygens (including phenoxy) is 2. The van der Waals surface area contributed by atoms with Gasteiger partial charge >= 0.3 is 0 Å². The Kier molecular flexibility index (Phi) is 7.34. The second-order valence-electron chi connectivity index (χ2n) is 10.9. The minimum absolute atomic E-state index is 0.0609. The third-order valence-corrected chi connectivity index (χ3v) is 8.15. The third kappa shape index (κ3) is 5.33. The maximum atomic E-state index is 14.1. The SMILES string of the molecule is COc1cc2nc(N3CCN(C(=O)c4cc(-c5ccccc5)nc5c4cnn5Cc4ccccc4)CC3)nc(N)c2cc1OC. The fourth-order valence-corrected chi connectivity index (χ4v) is 5.74. The van der Waals surface area contributed by atoms with Crippen molar-refractivity contribution in [3.05, 3.63) is 96.2 Å². The van der Waals surface area contributed by atoms with Crippen LogP contribution in [0, 0.1) is 0 Å². The number of anilines is 2. The summed E-state index contributed by atoms with van der Waals surface area (Å²) in [5, 5.41) is 6.07. The van der Waals surface area contributed by atoms with Gasteiger partial charge in [-0.05, 0) is 17.7 Å². The van der Waals surface area contributed by atoms with E-state index in [1.807, 2.05) is 69.1 Å². The molecule has 2 N–H and O–H groups in total. The zero-order valence-corrected chi connectivity index (χ0v) is 25.1. The standard InChI is InChI=1S/C34H32N8O3/c1-44-29-18-25-28(19-30(29)45-2)38-34(39-31(25)35)41-15-13-40(14-16-41)33(43)24-17-27(23-11-7-4-8-12-23)37-32-26(24)20-36-42(32)21-22-9-5-3-6-10-22/h3-12,17-20H,13-16,21H2,1-2H3,(H2,35,38,39). The number of pyridine rings is 1. The summed E-state index contributed by atoms with van der Waals surface area (Å²) in [4.78, 5) is 32.4. The highest BCUT2D eigenvalue weighted by atomic mass is 16.5. The Morgan fingerprint density at radius 3 is 2.22 bits per heavy atom. The minimum atomic E-state index is -0.0609. The molecule has 3 aromatic carbocycles. The minimum Gasteiger partial charge on any atom is -0.493 e. The molecule has 0 unspecified atom stereocenters. The van der Waals surface area contributed by atoms with E-state index in [2.05, 4.69) is 22.2 Å². The fourth-order valence-electron chi connectivity index (χ4n) is 5.74. The molecule has 0 radical (unpaired) electrons. The molecule has 0 bridgehead atoms. The Hall–Kier alpha value is -5.71. The van der Waals surface area contributed by atoms with Crippen LogP contribution in [0.15, 0.2) is 85.1 Å². The normalized spacial score (nSPS) is 13.4. The van der Waals surface area contributed by atoms with Crippen molar-refractivity contribution in [1.29, 1.82) is 0 Å². The number of aromatic nitrogens is 5.